The van der Waals surface area contributed by atoms with E-state index >= 15 is 0 Å². The van der Waals surface area contributed by atoms with Crippen LogP contribution in [0, 0.1) is 18.6 Å². The Bertz CT molecular complexity index is 1080. The van der Waals surface area contributed by atoms with Crippen LogP contribution >= 0.6 is 11.8 Å². The van der Waals surface area contributed by atoms with E-state index in [9.17, 15) is 8.78 Å². The largest absolute Gasteiger partial charge is 0.461 e. The van der Waals surface area contributed by atoms with Crippen molar-refractivity contribution in [3.8, 4) is 17.3 Å². The Labute approximate surface area is 158 Å². The Hall–Kier alpha value is -2.93. The van der Waals surface area contributed by atoms with Gasteiger partial charge in [-0.15, -0.1) is 10.2 Å². The fourth-order valence-corrected chi connectivity index (χ4v) is 3.67. The highest BCUT2D eigenvalue weighted by atomic mass is 32.2. The number of para-hydroxylation sites is 1. The van der Waals surface area contributed by atoms with Gasteiger partial charge in [0.2, 0.25) is 5.82 Å². The van der Waals surface area contributed by atoms with Gasteiger partial charge in [0.15, 0.2) is 10.9 Å². The summed E-state index contributed by atoms with van der Waals surface area (Å²) in [6.45, 7) is 1.99. The molecule has 4 nitrogen and oxygen atoms in total. The molecule has 2 aromatic carbocycles. The molecule has 0 atom stereocenters. The molecule has 0 unspecified atom stereocenters. The minimum atomic E-state index is -0.469. The highest BCUT2D eigenvalue weighted by Gasteiger charge is 2.19. The Morgan fingerprint density at radius 3 is 2.67 bits per heavy atom. The van der Waals surface area contributed by atoms with Crippen LogP contribution in [0.15, 0.2) is 70.4 Å². The SMILES string of the molecule is Cc1ccccc1-n1c(SCc2cc(F)ccc2F)nnc1-c1ccco1. The van der Waals surface area contributed by atoms with Crippen LogP contribution in [0.1, 0.15) is 11.1 Å². The summed E-state index contributed by atoms with van der Waals surface area (Å²) in [5.41, 5.74) is 2.21. The van der Waals surface area contributed by atoms with Crippen molar-refractivity contribution in [1.29, 1.82) is 0 Å². The standard InChI is InChI=1S/C20H15F2N3OS/c1-13-5-2-3-6-17(13)25-19(18-7-4-10-26-18)23-24-20(25)27-12-14-11-15(21)8-9-16(14)22/h2-11H,12H2,1H3. The van der Waals surface area contributed by atoms with Crippen molar-refractivity contribution in [2.75, 3.05) is 0 Å². The lowest BCUT2D eigenvalue weighted by molar-refractivity contribution is 0.575. The summed E-state index contributed by atoms with van der Waals surface area (Å²) in [6.07, 6.45) is 1.57. The van der Waals surface area contributed by atoms with Crippen LogP contribution in [0.2, 0.25) is 0 Å². The minimum Gasteiger partial charge on any atom is -0.461 e. The number of nitrogens with zero attached hydrogens (tertiary/aromatic N) is 3. The molecule has 0 saturated heterocycles. The second kappa shape index (κ2) is 7.36. The Morgan fingerprint density at radius 1 is 1.04 bits per heavy atom. The zero-order chi connectivity index (χ0) is 18.8. The molecule has 136 valence electrons. The van der Waals surface area contributed by atoms with Gasteiger partial charge < -0.3 is 4.42 Å². The first-order chi connectivity index (χ1) is 13.1. The van der Waals surface area contributed by atoms with E-state index in [1.54, 1.807) is 18.4 Å². The number of aromatic nitrogens is 3. The van der Waals surface area contributed by atoms with E-state index in [0.29, 0.717) is 16.7 Å². The van der Waals surface area contributed by atoms with E-state index in [2.05, 4.69) is 10.2 Å². The Kier molecular flexibility index (Phi) is 4.77. The van der Waals surface area contributed by atoms with Crippen molar-refractivity contribution in [3.05, 3.63) is 83.6 Å². The molecule has 0 amide bonds. The molecule has 7 heteroatoms. The molecule has 4 rings (SSSR count). The van der Waals surface area contributed by atoms with E-state index in [1.165, 1.54) is 17.8 Å². The third-order valence-corrected chi connectivity index (χ3v) is 5.07. The lowest BCUT2D eigenvalue weighted by Crippen LogP contribution is -2.01. The molecular formula is C20H15F2N3OS. The summed E-state index contributed by atoms with van der Waals surface area (Å²) in [4.78, 5) is 0. The van der Waals surface area contributed by atoms with Crippen molar-refractivity contribution in [1.82, 2.24) is 14.8 Å². The third-order valence-electron chi connectivity index (χ3n) is 4.10. The van der Waals surface area contributed by atoms with Crippen molar-refractivity contribution in [2.45, 2.75) is 17.8 Å². The van der Waals surface area contributed by atoms with Gasteiger partial charge >= 0.3 is 0 Å². The fourth-order valence-electron chi connectivity index (χ4n) is 2.76. The summed E-state index contributed by atoms with van der Waals surface area (Å²) < 4.78 is 34.8. The van der Waals surface area contributed by atoms with Crippen LogP contribution in [0.5, 0.6) is 0 Å². The number of thioether (sulfide) groups is 1. The Morgan fingerprint density at radius 2 is 1.89 bits per heavy atom. The molecule has 27 heavy (non-hydrogen) atoms. The van der Waals surface area contributed by atoms with Crippen LogP contribution in [-0.2, 0) is 5.75 Å². The average molecular weight is 383 g/mol. The van der Waals surface area contributed by atoms with Gasteiger partial charge in [-0.05, 0) is 48.9 Å². The first-order valence-corrected chi connectivity index (χ1v) is 9.24. The number of hydrogen-bond donors (Lipinski definition) is 0. The Balaban J connectivity index is 1.75. The molecular weight excluding hydrogens is 368 g/mol. The van der Waals surface area contributed by atoms with Gasteiger partial charge in [-0.25, -0.2) is 8.78 Å². The predicted octanol–water partition coefficient (Wildman–Crippen LogP) is 5.41. The summed E-state index contributed by atoms with van der Waals surface area (Å²) in [6, 6.07) is 14.8. The van der Waals surface area contributed by atoms with Crippen LogP contribution in [-0.4, -0.2) is 14.8 Å². The van der Waals surface area contributed by atoms with Crippen molar-refractivity contribution < 1.29 is 13.2 Å². The van der Waals surface area contributed by atoms with Crippen LogP contribution in [0.25, 0.3) is 17.3 Å². The first kappa shape index (κ1) is 17.5. The van der Waals surface area contributed by atoms with E-state index < -0.39 is 11.6 Å². The number of halogens is 2. The number of benzene rings is 2. The molecule has 0 fully saturated rings. The highest BCUT2D eigenvalue weighted by molar-refractivity contribution is 7.98. The van der Waals surface area contributed by atoms with Gasteiger partial charge in [-0.2, -0.15) is 0 Å². The average Bonchev–Trinajstić information content (AvgIpc) is 3.32. The second-order valence-electron chi connectivity index (χ2n) is 5.93. The van der Waals surface area contributed by atoms with Gasteiger partial charge in [-0.3, -0.25) is 4.57 Å². The van der Waals surface area contributed by atoms with Gasteiger partial charge in [0, 0.05) is 11.3 Å². The maximum atomic E-state index is 14.0. The van der Waals surface area contributed by atoms with E-state index in [1.807, 2.05) is 35.8 Å². The number of hydrogen-bond acceptors (Lipinski definition) is 4. The molecule has 0 saturated carbocycles. The monoisotopic (exact) mass is 383 g/mol. The summed E-state index contributed by atoms with van der Waals surface area (Å²) in [5.74, 6) is 0.443. The van der Waals surface area contributed by atoms with Crippen LogP contribution in [0.4, 0.5) is 8.78 Å². The van der Waals surface area contributed by atoms with Crippen molar-refractivity contribution in [2.24, 2.45) is 0 Å². The van der Waals surface area contributed by atoms with Crippen molar-refractivity contribution >= 4 is 11.8 Å². The second-order valence-corrected chi connectivity index (χ2v) is 6.87. The zero-order valence-electron chi connectivity index (χ0n) is 14.4. The molecule has 0 bridgehead atoms. The third kappa shape index (κ3) is 3.50. The summed E-state index contributed by atoms with van der Waals surface area (Å²) in [5, 5.41) is 9.08. The summed E-state index contributed by atoms with van der Waals surface area (Å²) >= 11 is 1.29. The number of rotatable bonds is 5. The molecule has 0 aliphatic heterocycles. The smallest absolute Gasteiger partial charge is 0.205 e. The molecule has 0 aliphatic carbocycles. The predicted molar refractivity (Wildman–Crippen MR) is 99.7 cm³/mol. The van der Waals surface area contributed by atoms with Gasteiger partial charge in [0.05, 0.1) is 12.0 Å². The molecule has 0 aliphatic rings. The van der Waals surface area contributed by atoms with Gasteiger partial charge in [0.1, 0.15) is 11.6 Å². The van der Waals surface area contributed by atoms with Gasteiger partial charge in [0.25, 0.3) is 0 Å². The molecule has 0 spiro atoms. The molecule has 2 aromatic heterocycles. The highest BCUT2D eigenvalue weighted by Crippen LogP contribution is 2.31. The number of furan rings is 1. The fraction of sp³-hybridized carbons (Fsp3) is 0.100. The molecule has 4 aromatic rings. The lowest BCUT2D eigenvalue weighted by Gasteiger charge is -2.12. The maximum absolute atomic E-state index is 14.0. The van der Waals surface area contributed by atoms with E-state index in [-0.39, 0.29) is 11.3 Å². The quantitative estimate of drug-likeness (QED) is 0.433. The van der Waals surface area contributed by atoms with E-state index in [0.717, 1.165) is 23.4 Å². The molecule has 0 N–H and O–H groups in total. The molecule has 0 radical (unpaired) electrons. The van der Waals surface area contributed by atoms with Crippen LogP contribution < -0.4 is 0 Å². The topological polar surface area (TPSA) is 43.9 Å². The lowest BCUT2D eigenvalue weighted by atomic mass is 10.2. The first-order valence-electron chi connectivity index (χ1n) is 8.25. The zero-order valence-corrected chi connectivity index (χ0v) is 15.2. The maximum Gasteiger partial charge on any atom is 0.205 e. The van der Waals surface area contributed by atoms with E-state index in [4.69, 9.17) is 4.42 Å². The van der Waals surface area contributed by atoms with Crippen molar-refractivity contribution in [3.63, 3.8) is 0 Å². The minimum absolute atomic E-state index is 0.228. The van der Waals surface area contributed by atoms with Crippen LogP contribution in [0.3, 0.4) is 0 Å². The normalized spacial score (nSPS) is 11.1. The number of aryl methyl sites for hydroxylation is 1. The summed E-state index contributed by atoms with van der Waals surface area (Å²) in [7, 11) is 0. The van der Waals surface area contributed by atoms with Gasteiger partial charge in [-0.1, -0.05) is 30.0 Å². The molecule has 2 heterocycles.